The van der Waals surface area contributed by atoms with Gasteiger partial charge in [-0.25, -0.2) is 0 Å². The molecular weight excluding hydrogens is 436 g/mol. The van der Waals surface area contributed by atoms with Gasteiger partial charge in [0.05, 0.1) is 24.4 Å². The van der Waals surface area contributed by atoms with E-state index in [1.165, 1.54) is 0 Å². The zero-order chi connectivity index (χ0) is 17.0. The van der Waals surface area contributed by atoms with Gasteiger partial charge in [0.25, 0.3) is 0 Å². The monoisotopic (exact) mass is 462 g/mol. The highest BCUT2D eigenvalue weighted by Gasteiger charge is 2.44. The van der Waals surface area contributed by atoms with Gasteiger partial charge in [-0.05, 0) is 25.3 Å². The number of fused-ring (bicyclic) bond motifs is 2. The van der Waals surface area contributed by atoms with Crippen molar-refractivity contribution in [1.29, 1.82) is 0 Å². The first-order chi connectivity index (χ1) is 10.8. The largest absolute Gasteiger partial charge is 0.371 e. The summed E-state index contributed by atoms with van der Waals surface area (Å²) >= 11 is 7.56. The number of ether oxygens (including phenoxy) is 2. The second-order valence-electron chi connectivity index (χ2n) is 7.50. The van der Waals surface area contributed by atoms with E-state index < -0.39 is 8.07 Å². The predicted octanol–water partition coefficient (Wildman–Crippen LogP) is 5.07. The van der Waals surface area contributed by atoms with Crippen LogP contribution in [-0.2, 0) is 9.47 Å². The maximum absolute atomic E-state index is 6.41. The van der Waals surface area contributed by atoms with Crippen molar-refractivity contribution in [2.45, 2.75) is 86.3 Å². The van der Waals surface area contributed by atoms with Crippen LogP contribution < -0.4 is 0 Å². The highest BCUT2D eigenvalue weighted by Crippen LogP contribution is 2.38. The van der Waals surface area contributed by atoms with Crippen LogP contribution in [0.25, 0.3) is 0 Å². The van der Waals surface area contributed by atoms with Gasteiger partial charge in [0, 0.05) is 16.1 Å². The van der Waals surface area contributed by atoms with Gasteiger partial charge >= 0.3 is 0 Å². The molecule has 0 aliphatic carbocycles. The Balaban J connectivity index is 2.00. The molecule has 130 valence electrons. The molecule has 0 aromatic heterocycles. The molecule has 5 heteroatoms. The van der Waals surface area contributed by atoms with Gasteiger partial charge in [0.2, 0.25) is 0 Å². The van der Waals surface area contributed by atoms with E-state index in [0.717, 1.165) is 25.7 Å². The van der Waals surface area contributed by atoms with Crippen molar-refractivity contribution in [3.8, 4) is 11.5 Å². The lowest BCUT2D eigenvalue weighted by molar-refractivity contribution is -0.0523. The fraction of sp³-hybridized carbons (Fsp3) is 0.778. The summed E-state index contributed by atoms with van der Waals surface area (Å²) in [5.41, 5.74) is 3.36. The van der Waals surface area contributed by atoms with Crippen LogP contribution in [-0.4, -0.2) is 42.1 Å². The Morgan fingerprint density at radius 3 is 2.61 bits per heavy atom. The second-order valence-corrected chi connectivity index (χ2v) is 14.6. The van der Waals surface area contributed by atoms with Crippen molar-refractivity contribution in [2.75, 3.05) is 0 Å². The minimum absolute atomic E-state index is 0.129. The molecule has 23 heavy (non-hydrogen) atoms. The second kappa shape index (κ2) is 8.67. The zero-order valence-electron chi connectivity index (χ0n) is 14.5. The minimum atomic E-state index is -1.29. The third-order valence-corrected chi connectivity index (χ3v) is 7.34. The van der Waals surface area contributed by atoms with Crippen LogP contribution in [0.4, 0.5) is 0 Å². The van der Waals surface area contributed by atoms with Gasteiger partial charge in [-0.2, -0.15) is 0 Å². The molecule has 0 saturated carbocycles. The highest BCUT2D eigenvalue weighted by atomic mass is 79.9. The fourth-order valence-corrected chi connectivity index (χ4v) is 4.57. The third kappa shape index (κ3) is 6.00. The molecule has 2 bridgehead atoms. The van der Waals surface area contributed by atoms with E-state index in [1.54, 1.807) is 0 Å². The molecule has 2 heterocycles. The van der Waals surface area contributed by atoms with E-state index in [2.05, 4.69) is 76.0 Å². The number of hydrogen-bond donors (Lipinski definition) is 0. The fourth-order valence-electron chi connectivity index (χ4n) is 3.00. The summed E-state index contributed by atoms with van der Waals surface area (Å²) in [5, 5.41) is 0. The van der Waals surface area contributed by atoms with Crippen molar-refractivity contribution in [3.05, 3.63) is 12.2 Å². The molecule has 0 aromatic carbocycles. The zero-order valence-corrected chi connectivity index (χ0v) is 18.7. The molecule has 0 spiro atoms. The predicted molar refractivity (Wildman–Crippen MR) is 107 cm³/mol. The first-order valence-electron chi connectivity index (χ1n) is 8.57. The lowest BCUT2D eigenvalue weighted by Gasteiger charge is -2.29. The molecule has 2 aliphatic heterocycles. The third-order valence-electron chi connectivity index (χ3n) is 4.25. The molecule has 2 nitrogen and oxygen atoms in total. The number of rotatable bonds is 4. The van der Waals surface area contributed by atoms with Crippen molar-refractivity contribution < 1.29 is 9.47 Å². The van der Waals surface area contributed by atoms with Crippen LogP contribution in [0.1, 0.15) is 32.6 Å². The first kappa shape index (κ1) is 19.7. The maximum Gasteiger partial charge on any atom is 0.129 e. The Kier molecular flexibility index (Phi) is 7.43. The minimum Gasteiger partial charge on any atom is -0.371 e. The van der Waals surface area contributed by atoms with Crippen LogP contribution in [0.15, 0.2) is 12.2 Å². The van der Waals surface area contributed by atoms with Gasteiger partial charge in [-0.1, -0.05) is 70.4 Å². The summed E-state index contributed by atoms with van der Waals surface area (Å²) in [6.07, 6.45) is 8.90. The normalized spacial score (nSPS) is 35.7. The van der Waals surface area contributed by atoms with Crippen LogP contribution in [0.2, 0.25) is 19.6 Å². The standard InChI is InChI=1S/C18H28Br2O2Si/c1-5-13(19)16-12-17-14(20)11-18(22-17)15(21-16)9-7-6-8-10-23(2,3)4/h6-7,13-18H,5,9,11-12H2,1-4H3/b7-6+/t13-,14-,15-,16+,17-,18-/m0/s1. The Labute approximate surface area is 159 Å². The molecular formula is C18H28Br2O2Si. The Bertz CT molecular complexity index is 478. The van der Waals surface area contributed by atoms with E-state index in [9.17, 15) is 0 Å². The van der Waals surface area contributed by atoms with Gasteiger partial charge in [-0.15, -0.1) is 5.54 Å². The number of allylic oxidation sites excluding steroid dienone is 1. The number of hydrogen-bond acceptors (Lipinski definition) is 2. The van der Waals surface area contributed by atoms with Crippen molar-refractivity contribution in [1.82, 2.24) is 0 Å². The lowest BCUT2D eigenvalue weighted by Crippen LogP contribution is -2.36. The van der Waals surface area contributed by atoms with E-state index in [0.29, 0.717) is 9.65 Å². The van der Waals surface area contributed by atoms with Crippen LogP contribution in [0, 0.1) is 11.5 Å². The van der Waals surface area contributed by atoms with E-state index in [-0.39, 0.29) is 24.4 Å². The number of alkyl halides is 2. The average Bonchev–Trinajstić information content (AvgIpc) is 2.72. The summed E-state index contributed by atoms with van der Waals surface area (Å²) in [5.74, 6) is 3.19. The van der Waals surface area contributed by atoms with Gasteiger partial charge in [-0.3, -0.25) is 0 Å². The molecule has 0 aromatic rings. The molecule has 0 N–H and O–H groups in total. The summed E-state index contributed by atoms with van der Waals surface area (Å²) in [6.45, 7) is 8.97. The smallest absolute Gasteiger partial charge is 0.129 e. The van der Waals surface area contributed by atoms with E-state index in [4.69, 9.17) is 9.47 Å². The topological polar surface area (TPSA) is 18.5 Å². The van der Waals surface area contributed by atoms with Crippen LogP contribution in [0.5, 0.6) is 0 Å². The molecule has 0 amide bonds. The van der Waals surface area contributed by atoms with Gasteiger partial charge < -0.3 is 9.47 Å². The molecule has 2 rings (SSSR count). The maximum atomic E-state index is 6.41. The summed E-state index contributed by atoms with van der Waals surface area (Å²) in [4.78, 5) is 0.844. The molecule has 0 radical (unpaired) electrons. The summed E-state index contributed by atoms with van der Waals surface area (Å²) < 4.78 is 12.6. The first-order valence-corrected chi connectivity index (χ1v) is 13.9. The molecule has 0 unspecified atom stereocenters. The van der Waals surface area contributed by atoms with Gasteiger partial charge in [0.15, 0.2) is 0 Å². The molecule has 2 aliphatic rings. The van der Waals surface area contributed by atoms with Crippen LogP contribution >= 0.6 is 31.9 Å². The summed E-state index contributed by atoms with van der Waals surface area (Å²) in [6, 6.07) is 0. The van der Waals surface area contributed by atoms with Crippen molar-refractivity contribution in [3.63, 3.8) is 0 Å². The van der Waals surface area contributed by atoms with Crippen molar-refractivity contribution >= 4 is 39.9 Å². The van der Waals surface area contributed by atoms with E-state index in [1.807, 2.05) is 6.08 Å². The molecule has 2 saturated heterocycles. The Hall–Kier alpha value is 0.397. The molecule has 6 atom stereocenters. The number of halogens is 2. The molecule has 2 fully saturated rings. The Morgan fingerprint density at radius 2 is 1.96 bits per heavy atom. The Morgan fingerprint density at radius 1 is 1.22 bits per heavy atom. The lowest BCUT2D eigenvalue weighted by atomic mass is 9.99. The quantitative estimate of drug-likeness (QED) is 0.329. The van der Waals surface area contributed by atoms with Crippen molar-refractivity contribution in [2.24, 2.45) is 0 Å². The summed E-state index contributed by atoms with van der Waals surface area (Å²) in [7, 11) is -1.29. The van der Waals surface area contributed by atoms with Crippen LogP contribution in [0.3, 0.4) is 0 Å². The highest BCUT2D eigenvalue weighted by molar-refractivity contribution is 9.09. The SMILES string of the molecule is CC[C@H](Br)[C@H]1C[C@@H]2O[C@@H](C[C@@H]2Br)[C@H](C/C=C/C#C[Si](C)(C)C)O1. The van der Waals surface area contributed by atoms with Gasteiger partial charge in [0.1, 0.15) is 8.07 Å². The van der Waals surface area contributed by atoms with E-state index >= 15 is 0 Å². The average molecular weight is 464 g/mol.